The van der Waals surface area contributed by atoms with Gasteiger partial charge in [0, 0.05) is 5.75 Å². The molecule has 0 atom stereocenters. The zero-order chi connectivity index (χ0) is 16.4. The number of benzene rings is 2. The zero-order valence-electron chi connectivity index (χ0n) is 13.2. The van der Waals surface area contributed by atoms with Gasteiger partial charge in [-0.05, 0) is 24.6 Å². The third-order valence-electron chi connectivity index (χ3n) is 3.71. The summed E-state index contributed by atoms with van der Waals surface area (Å²) >= 11 is 1.64. The van der Waals surface area contributed by atoms with E-state index in [9.17, 15) is 0 Å². The zero-order valence-corrected chi connectivity index (χ0v) is 14.0. The molecule has 1 aliphatic heterocycles. The van der Waals surface area contributed by atoms with Crippen molar-refractivity contribution in [2.24, 2.45) is 5.10 Å². The minimum absolute atomic E-state index is 0.602. The Kier molecular flexibility index (Phi) is 4.04. The third kappa shape index (κ3) is 2.69. The Morgan fingerprint density at radius 1 is 1.04 bits per heavy atom. The second-order valence-corrected chi connectivity index (χ2v) is 6.19. The molecule has 3 aromatic rings. The Morgan fingerprint density at radius 3 is 2.67 bits per heavy atom. The van der Waals surface area contributed by atoms with Gasteiger partial charge in [-0.2, -0.15) is 9.78 Å². The molecule has 6 heteroatoms. The molecule has 0 unspecified atom stereocenters. The van der Waals surface area contributed by atoms with E-state index in [1.165, 1.54) is 0 Å². The molecule has 2 heterocycles. The van der Waals surface area contributed by atoms with Crippen LogP contribution in [0.4, 0.5) is 0 Å². The maximum Gasteiger partial charge on any atom is 0.212 e. The first kappa shape index (κ1) is 15.0. The minimum atomic E-state index is 0.602. The smallest absolute Gasteiger partial charge is 0.212 e. The molecule has 0 fully saturated rings. The standard InChI is InChI=1S/C18H16N4OS/c1-2-23-16-11-7-6-10-14(16)17-19-20-18-22(17)21-15(12-24-18)13-8-4-3-5-9-13/h3-11H,2,12H2,1H3. The van der Waals surface area contributed by atoms with Gasteiger partial charge < -0.3 is 4.74 Å². The number of rotatable bonds is 4. The second kappa shape index (κ2) is 6.49. The van der Waals surface area contributed by atoms with Crippen molar-refractivity contribution in [1.29, 1.82) is 0 Å². The molecule has 0 bridgehead atoms. The summed E-state index contributed by atoms with van der Waals surface area (Å²) in [5, 5.41) is 14.2. The molecule has 0 saturated carbocycles. The molecule has 120 valence electrons. The van der Waals surface area contributed by atoms with Gasteiger partial charge in [0.2, 0.25) is 5.16 Å². The molecular formula is C18H16N4OS. The highest BCUT2D eigenvalue weighted by Crippen LogP contribution is 2.33. The van der Waals surface area contributed by atoms with E-state index in [-0.39, 0.29) is 0 Å². The normalized spacial score (nSPS) is 13.3. The van der Waals surface area contributed by atoms with E-state index in [4.69, 9.17) is 9.84 Å². The van der Waals surface area contributed by atoms with E-state index in [0.717, 1.165) is 33.5 Å². The van der Waals surface area contributed by atoms with E-state index in [0.29, 0.717) is 12.4 Å². The summed E-state index contributed by atoms with van der Waals surface area (Å²) in [7, 11) is 0. The average molecular weight is 336 g/mol. The fourth-order valence-electron chi connectivity index (χ4n) is 2.60. The van der Waals surface area contributed by atoms with Crippen molar-refractivity contribution < 1.29 is 4.74 Å². The van der Waals surface area contributed by atoms with E-state index in [1.54, 1.807) is 11.8 Å². The molecule has 2 aromatic carbocycles. The fourth-order valence-corrected chi connectivity index (χ4v) is 3.44. The van der Waals surface area contributed by atoms with Gasteiger partial charge in [-0.1, -0.05) is 54.2 Å². The number of para-hydroxylation sites is 1. The molecule has 1 aromatic heterocycles. The van der Waals surface area contributed by atoms with Crippen LogP contribution in [0.2, 0.25) is 0 Å². The van der Waals surface area contributed by atoms with E-state index >= 15 is 0 Å². The summed E-state index contributed by atoms with van der Waals surface area (Å²) in [6, 6.07) is 18.0. The van der Waals surface area contributed by atoms with Crippen LogP contribution in [0.25, 0.3) is 11.4 Å². The Hall–Kier alpha value is -2.60. The summed E-state index contributed by atoms with van der Waals surface area (Å²) in [6.45, 7) is 2.57. The lowest BCUT2D eigenvalue weighted by molar-refractivity contribution is 0.341. The molecule has 4 rings (SSSR count). The molecule has 5 nitrogen and oxygen atoms in total. The Balaban J connectivity index is 1.81. The summed E-state index contributed by atoms with van der Waals surface area (Å²) < 4.78 is 7.54. The fraction of sp³-hybridized carbons (Fsp3) is 0.167. The monoisotopic (exact) mass is 336 g/mol. The number of ether oxygens (including phenoxy) is 1. The van der Waals surface area contributed by atoms with Crippen LogP contribution in [-0.4, -0.2) is 32.9 Å². The Labute approximate surface area is 144 Å². The van der Waals surface area contributed by atoms with Crippen molar-refractivity contribution in [3.63, 3.8) is 0 Å². The van der Waals surface area contributed by atoms with Crippen LogP contribution in [0, 0.1) is 0 Å². The molecule has 0 N–H and O–H groups in total. The maximum absolute atomic E-state index is 5.73. The summed E-state index contributed by atoms with van der Waals surface area (Å²) in [5.74, 6) is 2.28. The van der Waals surface area contributed by atoms with Crippen LogP contribution in [0.3, 0.4) is 0 Å². The average Bonchev–Trinajstić information content (AvgIpc) is 3.06. The van der Waals surface area contributed by atoms with Gasteiger partial charge in [-0.3, -0.25) is 0 Å². The molecular weight excluding hydrogens is 320 g/mol. The van der Waals surface area contributed by atoms with Gasteiger partial charge in [-0.25, -0.2) is 0 Å². The maximum atomic E-state index is 5.73. The Bertz CT molecular complexity index is 889. The number of hydrogen-bond acceptors (Lipinski definition) is 5. The quantitative estimate of drug-likeness (QED) is 0.729. The summed E-state index contributed by atoms with van der Waals surface area (Å²) in [6.07, 6.45) is 0. The summed E-state index contributed by atoms with van der Waals surface area (Å²) in [5.41, 5.74) is 3.04. The second-order valence-electron chi connectivity index (χ2n) is 5.25. The molecule has 24 heavy (non-hydrogen) atoms. The predicted molar refractivity (Wildman–Crippen MR) is 95.7 cm³/mol. The lowest BCUT2D eigenvalue weighted by atomic mass is 10.1. The first-order chi connectivity index (χ1) is 11.9. The van der Waals surface area contributed by atoms with Crippen LogP contribution in [-0.2, 0) is 0 Å². The predicted octanol–water partition coefficient (Wildman–Crippen LogP) is 3.70. The molecule has 0 saturated heterocycles. The molecule has 0 radical (unpaired) electrons. The highest BCUT2D eigenvalue weighted by atomic mass is 32.2. The SMILES string of the molecule is CCOc1ccccc1-c1nnc2n1N=C(c1ccccc1)CS2. The lowest BCUT2D eigenvalue weighted by Gasteiger charge is -2.15. The number of fused-ring (bicyclic) bond motifs is 1. The van der Waals surface area contributed by atoms with Crippen LogP contribution >= 0.6 is 11.8 Å². The lowest BCUT2D eigenvalue weighted by Crippen LogP contribution is -2.13. The highest BCUT2D eigenvalue weighted by Gasteiger charge is 2.22. The van der Waals surface area contributed by atoms with Crippen molar-refractivity contribution in [2.75, 3.05) is 12.4 Å². The van der Waals surface area contributed by atoms with E-state index in [1.807, 2.05) is 54.1 Å². The first-order valence-electron chi connectivity index (χ1n) is 7.80. The largest absolute Gasteiger partial charge is 0.493 e. The van der Waals surface area contributed by atoms with Gasteiger partial charge in [0.1, 0.15) is 5.75 Å². The third-order valence-corrected chi connectivity index (χ3v) is 4.64. The van der Waals surface area contributed by atoms with Gasteiger partial charge in [0.15, 0.2) is 5.82 Å². The molecule has 0 amide bonds. The van der Waals surface area contributed by atoms with Crippen molar-refractivity contribution in [2.45, 2.75) is 12.1 Å². The van der Waals surface area contributed by atoms with E-state index < -0.39 is 0 Å². The van der Waals surface area contributed by atoms with Crippen LogP contribution < -0.4 is 4.74 Å². The van der Waals surface area contributed by atoms with Crippen molar-refractivity contribution in [3.8, 4) is 17.1 Å². The van der Waals surface area contributed by atoms with Crippen molar-refractivity contribution in [1.82, 2.24) is 14.9 Å². The van der Waals surface area contributed by atoms with Gasteiger partial charge >= 0.3 is 0 Å². The van der Waals surface area contributed by atoms with E-state index in [2.05, 4.69) is 22.3 Å². The number of thioether (sulfide) groups is 1. The van der Waals surface area contributed by atoms with Gasteiger partial charge in [0.05, 0.1) is 17.9 Å². The van der Waals surface area contributed by atoms with Crippen LogP contribution in [0.5, 0.6) is 5.75 Å². The first-order valence-corrected chi connectivity index (χ1v) is 8.79. The number of hydrogen-bond donors (Lipinski definition) is 0. The highest BCUT2D eigenvalue weighted by molar-refractivity contribution is 7.99. The number of aromatic nitrogens is 3. The molecule has 0 aliphatic carbocycles. The minimum Gasteiger partial charge on any atom is -0.493 e. The van der Waals surface area contributed by atoms with Crippen LogP contribution in [0.15, 0.2) is 64.9 Å². The van der Waals surface area contributed by atoms with Crippen molar-refractivity contribution >= 4 is 17.5 Å². The van der Waals surface area contributed by atoms with Crippen LogP contribution in [0.1, 0.15) is 12.5 Å². The molecule has 0 spiro atoms. The van der Waals surface area contributed by atoms with Gasteiger partial charge in [0.25, 0.3) is 0 Å². The topological polar surface area (TPSA) is 52.3 Å². The number of nitrogens with zero attached hydrogens (tertiary/aromatic N) is 4. The Morgan fingerprint density at radius 2 is 1.83 bits per heavy atom. The van der Waals surface area contributed by atoms with Gasteiger partial charge in [-0.15, -0.1) is 10.2 Å². The molecule has 1 aliphatic rings. The van der Waals surface area contributed by atoms with Crippen molar-refractivity contribution in [3.05, 3.63) is 60.2 Å². The summed E-state index contributed by atoms with van der Waals surface area (Å²) in [4.78, 5) is 0.